The maximum atomic E-state index is 5.87. The van der Waals surface area contributed by atoms with Gasteiger partial charge in [-0.05, 0) is 25.1 Å². The maximum Gasteiger partial charge on any atom is 0.229 e. The van der Waals surface area contributed by atoms with Crippen molar-refractivity contribution in [3.05, 3.63) is 48.5 Å². The van der Waals surface area contributed by atoms with Gasteiger partial charge in [-0.1, -0.05) is 30.0 Å². The topological polar surface area (TPSA) is 107 Å². The zero-order chi connectivity index (χ0) is 19.7. The van der Waals surface area contributed by atoms with Gasteiger partial charge in [0.15, 0.2) is 11.6 Å². The van der Waals surface area contributed by atoms with Crippen molar-refractivity contribution in [2.24, 2.45) is 0 Å². The number of furan rings is 1. The van der Waals surface area contributed by atoms with E-state index in [2.05, 4.69) is 19.9 Å². The molecular formula is C19H19N7OS. The summed E-state index contributed by atoms with van der Waals surface area (Å²) in [4.78, 5) is 24.1. The van der Waals surface area contributed by atoms with E-state index in [9.17, 15) is 0 Å². The van der Waals surface area contributed by atoms with Gasteiger partial charge in [0.2, 0.25) is 11.9 Å². The van der Waals surface area contributed by atoms with Gasteiger partial charge in [-0.2, -0.15) is 15.0 Å². The minimum absolute atomic E-state index is 0.0910. The van der Waals surface area contributed by atoms with Crippen LogP contribution in [-0.2, 0) is 0 Å². The molecule has 3 heterocycles. The van der Waals surface area contributed by atoms with E-state index >= 15 is 0 Å². The number of rotatable bonds is 5. The smallest absolute Gasteiger partial charge is 0.229 e. The number of fused-ring (bicyclic) bond motifs is 1. The van der Waals surface area contributed by atoms with Crippen molar-refractivity contribution in [1.82, 2.24) is 24.9 Å². The molecule has 0 saturated carbocycles. The third-order valence-electron chi connectivity index (χ3n) is 4.02. The van der Waals surface area contributed by atoms with Crippen LogP contribution in [0.2, 0.25) is 0 Å². The van der Waals surface area contributed by atoms with Gasteiger partial charge in [0, 0.05) is 19.5 Å². The molecule has 1 unspecified atom stereocenters. The lowest BCUT2D eigenvalue weighted by Gasteiger charge is -2.15. The summed E-state index contributed by atoms with van der Waals surface area (Å²) in [5.74, 6) is 2.49. The third kappa shape index (κ3) is 3.61. The number of thioether (sulfide) groups is 1. The lowest BCUT2D eigenvalue weighted by Crippen LogP contribution is -2.16. The first-order chi connectivity index (χ1) is 13.5. The van der Waals surface area contributed by atoms with Crippen molar-refractivity contribution in [2.75, 3.05) is 24.7 Å². The van der Waals surface area contributed by atoms with E-state index in [-0.39, 0.29) is 11.2 Å². The van der Waals surface area contributed by atoms with E-state index in [0.717, 1.165) is 15.9 Å². The molecule has 0 saturated heterocycles. The van der Waals surface area contributed by atoms with Crippen LogP contribution < -0.4 is 10.6 Å². The minimum Gasteiger partial charge on any atom is -0.461 e. The average Bonchev–Trinajstić information content (AvgIpc) is 3.22. The number of nitrogens with zero attached hydrogens (tertiary/aromatic N) is 6. The van der Waals surface area contributed by atoms with Crippen LogP contribution in [0.15, 0.2) is 52.1 Å². The molecular weight excluding hydrogens is 374 g/mol. The molecule has 3 aromatic heterocycles. The fraction of sp³-hybridized carbons (Fsp3) is 0.211. The first-order valence-electron chi connectivity index (χ1n) is 8.67. The molecule has 0 fully saturated rings. The summed E-state index contributed by atoms with van der Waals surface area (Å²) in [5, 5.41) is 1.70. The first-order valence-corrected chi connectivity index (χ1v) is 9.55. The van der Waals surface area contributed by atoms with Gasteiger partial charge in [0.05, 0.1) is 17.0 Å². The van der Waals surface area contributed by atoms with Crippen molar-refractivity contribution in [1.29, 1.82) is 0 Å². The molecule has 9 heteroatoms. The zero-order valence-electron chi connectivity index (χ0n) is 15.7. The normalized spacial score (nSPS) is 12.2. The molecule has 0 aliphatic rings. The predicted octanol–water partition coefficient (Wildman–Crippen LogP) is 3.58. The molecule has 2 N–H and O–H groups in total. The number of hydrogen-bond donors (Lipinski definition) is 1. The van der Waals surface area contributed by atoms with Gasteiger partial charge in [0.1, 0.15) is 10.9 Å². The van der Waals surface area contributed by atoms with Crippen LogP contribution in [0.25, 0.3) is 22.5 Å². The third-order valence-corrected chi connectivity index (χ3v) is 5.12. The van der Waals surface area contributed by atoms with Crippen molar-refractivity contribution in [3.8, 4) is 11.6 Å². The largest absolute Gasteiger partial charge is 0.461 e. The van der Waals surface area contributed by atoms with Gasteiger partial charge in [-0.25, -0.2) is 9.97 Å². The van der Waals surface area contributed by atoms with E-state index < -0.39 is 0 Å². The van der Waals surface area contributed by atoms with E-state index in [1.54, 1.807) is 22.9 Å². The van der Waals surface area contributed by atoms with Gasteiger partial charge in [-0.15, -0.1) is 0 Å². The van der Waals surface area contributed by atoms with E-state index in [0.29, 0.717) is 23.4 Å². The number of hydrogen-bond acceptors (Lipinski definition) is 9. The quantitative estimate of drug-likeness (QED) is 0.402. The van der Waals surface area contributed by atoms with Crippen LogP contribution in [0.4, 0.5) is 11.9 Å². The summed E-state index contributed by atoms with van der Waals surface area (Å²) >= 11 is 1.55. The second-order valence-corrected chi connectivity index (χ2v) is 7.68. The van der Waals surface area contributed by atoms with Gasteiger partial charge < -0.3 is 15.1 Å². The molecule has 8 nitrogen and oxygen atoms in total. The lowest BCUT2D eigenvalue weighted by atomic mass is 10.2. The van der Waals surface area contributed by atoms with Gasteiger partial charge in [0.25, 0.3) is 0 Å². The van der Waals surface area contributed by atoms with Gasteiger partial charge in [-0.3, -0.25) is 0 Å². The van der Waals surface area contributed by atoms with Crippen molar-refractivity contribution < 1.29 is 4.42 Å². The molecule has 4 aromatic rings. The summed E-state index contributed by atoms with van der Waals surface area (Å²) in [7, 11) is 3.73. The standard InChI is InChI=1S/C19H19N7OS/c1-11(15-23-18(20)25-19(24-15)26(2)3)28-17-12-7-4-5-8-13(12)21-16(22-17)14-9-6-10-27-14/h4-11H,1-3H3,(H2,20,23,24,25). The van der Waals surface area contributed by atoms with Crippen LogP contribution in [-0.4, -0.2) is 39.0 Å². The van der Waals surface area contributed by atoms with E-state index in [1.165, 1.54) is 0 Å². The summed E-state index contributed by atoms with van der Waals surface area (Å²) in [6.07, 6.45) is 1.61. The zero-order valence-corrected chi connectivity index (χ0v) is 16.5. The molecule has 0 aliphatic heterocycles. The molecule has 0 spiro atoms. The van der Waals surface area contributed by atoms with Crippen molar-refractivity contribution in [3.63, 3.8) is 0 Å². The Balaban J connectivity index is 1.75. The van der Waals surface area contributed by atoms with Crippen LogP contribution in [0.5, 0.6) is 0 Å². The fourth-order valence-corrected chi connectivity index (χ4v) is 3.64. The first kappa shape index (κ1) is 18.2. The predicted molar refractivity (Wildman–Crippen MR) is 110 cm³/mol. The number of benzene rings is 1. The Kier molecular flexibility index (Phi) is 4.82. The van der Waals surface area contributed by atoms with Gasteiger partial charge >= 0.3 is 0 Å². The molecule has 0 bridgehead atoms. The number of nitrogens with two attached hydrogens (primary N) is 1. The Morgan fingerprint density at radius 1 is 1.00 bits per heavy atom. The summed E-state index contributed by atoms with van der Waals surface area (Å²) in [6, 6.07) is 11.6. The molecule has 1 atom stereocenters. The van der Waals surface area contributed by atoms with Crippen molar-refractivity contribution >= 4 is 34.6 Å². The highest BCUT2D eigenvalue weighted by Crippen LogP contribution is 2.37. The second kappa shape index (κ2) is 7.43. The second-order valence-electron chi connectivity index (χ2n) is 6.35. The molecule has 28 heavy (non-hydrogen) atoms. The van der Waals surface area contributed by atoms with E-state index in [1.807, 2.05) is 57.4 Å². The Morgan fingerprint density at radius 3 is 2.57 bits per heavy atom. The monoisotopic (exact) mass is 393 g/mol. The highest BCUT2D eigenvalue weighted by atomic mass is 32.2. The Hall–Kier alpha value is -3.20. The molecule has 4 rings (SSSR count). The molecule has 1 aromatic carbocycles. The highest BCUT2D eigenvalue weighted by Gasteiger charge is 2.18. The Morgan fingerprint density at radius 2 is 1.82 bits per heavy atom. The number of anilines is 2. The van der Waals surface area contributed by atoms with Crippen molar-refractivity contribution in [2.45, 2.75) is 17.2 Å². The fourth-order valence-electron chi connectivity index (χ4n) is 2.65. The summed E-state index contributed by atoms with van der Waals surface area (Å²) in [5.41, 5.74) is 6.72. The SMILES string of the molecule is CC(Sc1nc(-c2ccco2)nc2ccccc12)c1nc(N)nc(N(C)C)n1. The Labute approximate surface area is 166 Å². The summed E-state index contributed by atoms with van der Waals surface area (Å²) < 4.78 is 5.48. The lowest BCUT2D eigenvalue weighted by molar-refractivity contribution is 0.577. The molecule has 0 radical (unpaired) electrons. The molecule has 142 valence electrons. The Bertz CT molecular complexity index is 1110. The molecule has 0 amide bonds. The van der Waals surface area contributed by atoms with Crippen LogP contribution in [0, 0.1) is 0 Å². The highest BCUT2D eigenvalue weighted by molar-refractivity contribution is 7.99. The average molecular weight is 393 g/mol. The molecule has 0 aliphatic carbocycles. The number of aromatic nitrogens is 5. The van der Waals surface area contributed by atoms with Crippen LogP contribution in [0.1, 0.15) is 18.0 Å². The minimum atomic E-state index is -0.0910. The van der Waals surface area contributed by atoms with E-state index in [4.69, 9.17) is 15.1 Å². The summed E-state index contributed by atoms with van der Waals surface area (Å²) in [6.45, 7) is 2.02. The van der Waals surface area contributed by atoms with Crippen LogP contribution in [0.3, 0.4) is 0 Å². The number of nitrogen functional groups attached to an aromatic ring is 1. The van der Waals surface area contributed by atoms with Crippen LogP contribution >= 0.6 is 11.8 Å². The maximum absolute atomic E-state index is 5.87. The number of para-hydroxylation sites is 1.